The Kier molecular flexibility index (Phi) is 4.33. The number of urea groups is 1. The number of nitrogens with zero attached hydrogens (tertiary/aromatic N) is 1. The van der Waals surface area contributed by atoms with E-state index < -0.39 is 0 Å². The number of nitrogens with one attached hydrogen (secondary N) is 3. The number of carbonyl (C=O) groups excluding carboxylic acids is 1. The number of benzene rings is 1. The largest absolute Gasteiger partial charge is 0.335 e. The highest BCUT2D eigenvalue weighted by Gasteiger charge is 2.21. The SMILES string of the molecule is CSc1ccc(NC(=O)NC2CCc3[nH]ncc3C2)cc1F. The van der Waals surface area contributed by atoms with Gasteiger partial charge in [0.05, 0.1) is 6.20 Å². The second-order valence-electron chi connectivity index (χ2n) is 5.26. The molecule has 1 aliphatic rings. The third kappa shape index (κ3) is 3.24. The highest BCUT2D eigenvalue weighted by atomic mass is 32.2. The Bertz CT molecular complexity index is 688. The molecule has 7 heteroatoms. The second kappa shape index (κ2) is 6.39. The number of fused-ring (bicyclic) bond motifs is 1. The van der Waals surface area contributed by atoms with Crippen LogP contribution in [0.25, 0.3) is 0 Å². The molecule has 0 saturated heterocycles. The van der Waals surface area contributed by atoms with Gasteiger partial charge in [-0.3, -0.25) is 5.10 Å². The van der Waals surface area contributed by atoms with Crippen LogP contribution in [0.5, 0.6) is 0 Å². The minimum atomic E-state index is -0.328. The van der Waals surface area contributed by atoms with Gasteiger partial charge in [-0.2, -0.15) is 5.10 Å². The fraction of sp³-hybridized carbons (Fsp3) is 0.333. The molecule has 1 unspecified atom stereocenters. The van der Waals surface area contributed by atoms with Gasteiger partial charge in [0.25, 0.3) is 0 Å². The molecule has 1 heterocycles. The Morgan fingerprint density at radius 1 is 1.50 bits per heavy atom. The number of aromatic nitrogens is 2. The zero-order chi connectivity index (χ0) is 15.5. The zero-order valence-electron chi connectivity index (χ0n) is 12.1. The van der Waals surface area contributed by atoms with E-state index in [0.29, 0.717) is 10.6 Å². The first kappa shape index (κ1) is 14.9. The molecule has 1 aliphatic carbocycles. The van der Waals surface area contributed by atoms with Crippen molar-refractivity contribution in [3.8, 4) is 0 Å². The van der Waals surface area contributed by atoms with Gasteiger partial charge < -0.3 is 10.6 Å². The molecule has 1 aromatic carbocycles. The van der Waals surface area contributed by atoms with Crippen LogP contribution in [0.15, 0.2) is 29.3 Å². The van der Waals surface area contributed by atoms with Crippen molar-refractivity contribution in [2.24, 2.45) is 0 Å². The van der Waals surface area contributed by atoms with E-state index in [2.05, 4.69) is 20.8 Å². The summed E-state index contributed by atoms with van der Waals surface area (Å²) in [5.74, 6) is -0.328. The van der Waals surface area contributed by atoms with Gasteiger partial charge in [-0.25, -0.2) is 9.18 Å². The van der Waals surface area contributed by atoms with Crippen molar-refractivity contribution in [3.05, 3.63) is 41.5 Å². The maximum Gasteiger partial charge on any atom is 0.319 e. The first-order chi connectivity index (χ1) is 10.7. The number of aryl methyl sites for hydroxylation is 1. The van der Waals surface area contributed by atoms with Crippen LogP contribution in [0.3, 0.4) is 0 Å². The van der Waals surface area contributed by atoms with Gasteiger partial charge in [0.15, 0.2) is 0 Å². The molecule has 0 fully saturated rings. The van der Waals surface area contributed by atoms with E-state index >= 15 is 0 Å². The zero-order valence-corrected chi connectivity index (χ0v) is 13.0. The molecule has 0 spiro atoms. The molecule has 2 aromatic rings. The summed E-state index contributed by atoms with van der Waals surface area (Å²) in [6.45, 7) is 0. The first-order valence-corrected chi connectivity index (χ1v) is 8.30. The van der Waals surface area contributed by atoms with Crippen LogP contribution < -0.4 is 10.6 Å². The van der Waals surface area contributed by atoms with E-state index in [0.717, 1.165) is 30.5 Å². The molecule has 116 valence electrons. The van der Waals surface area contributed by atoms with Crippen molar-refractivity contribution in [1.82, 2.24) is 15.5 Å². The number of thioether (sulfide) groups is 1. The van der Waals surface area contributed by atoms with E-state index in [9.17, 15) is 9.18 Å². The molecule has 2 amide bonds. The fourth-order valence-corrected chi connectivity index (χ4v) is 3.09. The number of amides is 2. The van der Waals surface area contributed by atoms with Gasteiger partial charge >= 0.3 is 6.03 Å². The topological polar surface area (TPSA) is 69.8 Å². The summed E-state index contributed by atoms with van der Waals surface area (Å²) < 4.78 is 13.7. The number of carbonyl (C=O) groups is 1. The Morgan fingerprint density at radius 3 is 3.14 bits per heavy atom. The summed E-state index contributed by atoms with van der Waals surface area (Å²) in [7, 11) is 0. The van der Waals surface area contributed by atoms with Crippen molar-refractivity contribution in [2.75, 3.05) is 11.6 Å². The molecule has 0 saturated carbocycles. The van der Waals surface area contributed by atoms with Gasteiger partial charge in [0.1, 0.15) is 5.82 Å². The molecule has 3 N–H and O–H groups in total. The van der Waals surface area contributed by atoms with Crippen LogP contribution in [0.4, 0.5) is 14.9 Å². The minimum Gasteiger partial charge on any atom is -0.335 e. The van der Waals surface area contributed by atoms with Crippen LogP contribution in [0, 0.1) is 5.82 Å². The predicted octanol–water partition coefficient (Wildman–Crippen LogP) is 2.95. The van der Waals surface area contributed by atoms with Crippen molar-refractivity contribution in [2.45, 2.75) is 30.2 Å². The van der Waals surface area contributed by atoms with Crippen molar-refractivity contribution >= 4 is 23.5 Å². The number of aromatic amines is 1. The second-order valence-corrected chi connectivity index (χ2v) is 6.11. The highest BCUT2D eigenvalue weighted by molar-refractivity contribution is 7.98. The standard InChI is InChI=1S/C15H17FN4OS/c1-22-14-5-3-11(7-12(14)16)19-15(21)18-10-2-4-13-9(6-10)8-17-20-13/h3,5,7-8,10H,2,4,6H2,1H3,(H,17,20)(H2,18,19,21). The third-order valence-corrected chi connectivity index (χ3v) is 4.53. The van der Waals surface area contributed by atoms with E-state index in [1.54, 1.807) is 18.3 Å². The highest BCUT2D eigenvalue weighted by Crippen LogP contribution is 2.22. The molecule has 0 radical (unpaired) electrons. The van der Waals surface area contributed by atoms with Gasteiger partial charge in [-0.1, -0.05) is 0 Å². The fourth-order valence-electron chi connectivity index (χ4n) is 2.64. The Morgan fingerprint density at radius 2 is 2.36 bits per heavy atom. The van der Waals surface area contributed by atoms with Crippen LogP contribution in [-0.2, 0) is 12.8 Å². The van der Waals surface area contributed by atoms with E-state index in [1.165, 1.54) is 17.8 Å². The molecule has 1 atom stereocenters. The number of halogens is 1. The number of anilines is 1. The lowest BCUT2D eigenvalue weighted by Crippen LogP contribution is -2.41. The van der Waals surface area contributed by atoms with Crippen molar-refractivity contribution in [1.29, 1.82) is 0 Å². The average Bonchev–Trinajstić information content (AvgIpc) is 2.95. The lowest BCUT2D eigenvalue weighted by atomic mass is 9.94. The van der Waals surface area contributed by atoms with Gasteiger partial charge in [-0.05, 0) is 49.3 Å². The summed E-state index contributed by atoms with van der Waals surface area (Å²) in [6, 6.07) is 4.45. The van der Waals surface area contributed by atoms with Gasteiger partial charge in [0, 0.05) is 22.3 Å². The normalized spacial score (nSPS) is 16.9. The van der Waals surface area contributed by atoms with Crippen LogP contribution >= 0.6 is 11.8 Å². The number of H-pyrrole nitrogens is 1. The first-order valence-electron chi connectivity index (χ1n) is 7.08. The summed E-state index contributed by atoms with van der Waals surface area (Å²) in [5.41, 5.74) is 2.74. The molecular weight excluding hydrogens is 303 g/mol. The quantitative estimate of drug-likeness (QED) is 0.762. The van der Waals surface area contributed by atoms with Crippen LogP contribution in [0.2, 0.25) is 0 Å². The third-order valence-electron chi connectivity index (χ3n) is 3.76. The maximum atomic E-state index is 13.7. The van der Waals surface area contributed by atoms with Crippen LogP contribution in [0.1, 0.15) is 17.7 Å². The lowest BCUT2D eigenvalue weighted by Gasteiger charge is -2.23. The Hall–Kier alpha value is -2.02. The average molecular weight is 320 g/mol. The minimum absolute atomic E-state index is 0.0698. The molecule has 3 rings (SSSR count). The number of hydrogen-bond donors (Lipinski definition) is 3. The van der Waals surface area contributed by atoms with Crippen molar-refractivity contribution < 1.29 is 9.18 Å². The van der Waals surface area contributed by atoms with Crippen molar-refractivity contribution in [3.63, 3.8) is 0 Å². The monoisotopic (exact) mass is 320 g/mol. The van der Waals surface area contributed by atoms with Crippen LogP contribution in [-0.4, -0.2) is 28.5 Å². The van der Waals surface area contributed by atoms with E-state index in [4.69, 9.17) is 0 Å². The molecular formula is C15H17FN4OS. The molecule has 0 aliphatic heterocycles. The number of rotatable bonds is 3. The van der Waals surface area contributed by atoms with Gasteiger partial charge in [0.2, 0.25) is 0 Å². The van der Waals surface area contributed by atoms with E-state index in [-0.39, 0.29) is 17.9 Å². The summed E-state index contributed by atoms with van der Waals surface area (Å²) in [5, 5.41) is 12.6. The molecule has 22 heavy (non-hydrogen) atoms. The van der Waals surface area contributed by atoms with E-state index in [1.807, 2.05) is 6.26 Å². The summed E-state index contributed by atoms with van der Waals surface area (Å²) in [6.07, 6.45) is 6.11. The lowest BCUT2D eigenvalue weighted by molar-refractivity contribution is 0.247. The molecule has 5 nitrogen and oxygen atoms in total. The van der Waals surface area contributed by atoms with Gasteiger partial charge in [-0.15, -0.1) is 11.8 Å². The Balaban J connectivity index is 1.58. The predicted molar refractivity (Wildman–Crippen MR) is 84.7 cm³/mol. The molecule has 1 aromatic heterocycles. The maximum absolute atomic E-state index is 13.7. The Labute approximate surface area is 132 Å². The number of hydrogen-bond acceptors (Lipinski definition) is 3. The smallest absolute Gasteiger partial charge is 0.319 e. The summed E-state index contributed by atoms with van der Waals surface area (Å²) in [4.78, 5) is 12.6. The molecule has 0 bridgehead atoms. The summed E-state index contributed by atoms with van der Waals surface area (Å²) >= 11 is 1.33.